The molecule has 3 rings (SSSR count). The van der Waals surface area contributed by atoms with E-state index in [4.69, 9.17) is 4.74 Å². The summed E-state index contributed by atoms with van der Waals surface area (Å²) in [6.07, 6.45) is 3.62. The Morgan fingerprint density at radius 1 is 1.00 bits per heavy atom. The predicted molar refractivity (Wildman–Crippen MR) is 91.2 cm³/mol. The van der Waals surface area contributed by atoms with Crippen molar-refractivity contribution in [3.05, 3.63) is 64.9 Å². The fourth-order valence-corrected chi connectivity index (χ4v) is 3.36. The molecule has 21 heavy (non-hydrogen) atoms. The molecule has 0 saturated carbocycles. The lowest BCUT2D eigenvalue weighted by Crippen LogP contribution is -2.06. The van der Waals surface area contributed by atoms with Crippen molar-refractivity contribution in [1.82, 2.24) is 0 Å². The maximum absolute atomic E-state index is 6.38. The van der Waals surface area contributed by atoms with Crippen molar-refractivity contribution < 1.29 is 4.74 Å². The highest BCUT2D eigenvalue weighted by atomic mass is 32.1. The topological polar surface area (TPSA) is 9.23 Å². The minimum Gasteiger partial charge on any atom is -0.484 e. The summed E-state index contributed by atoms with van der Waals surface area (Å²) in [5, 5.41) is 4.55. The maximum atomic E-state index is 6.38. The number of hydrogen-bond acceptors (Lipinski definition) is 2. The van der Waals surface area contributed by atoms with Crippen LogP contribution >= 0.6 is 11.3 Å². The van der Waals surface area contributed by atoms with E-state index < -0.39 is 0 Å². The van der Waals surface area contributed by atoms with Crippen molar-refractivity contribution in [2.45, 2.75) is 32.3 Å². The van der Waals surface area contributed by atoms with E-state index in [1.54, 1.807) is 11.3 Å². The molecule has 1 nitrogen and oxygen atoms in total. The summed E-state index contributed by atoms with van der Waals surface area (Å²) in [5.41, 5.74) is 0. The van der Waals surface area contributed by atoms with Gasteiger partial charge in [-0.3, -0.25) is 0 Å². The van der Waals surface area contributed by atoms with E-state index in [0.29, 0.717) is 0 Å². The summed E-state index contributed by atoms with van der Waals surface area (Å²) in [6.45, 7) is 2.23. The second-order valence-electron chi connectivity index (χ2n) is 5.24. The monoisotopic (exact) mass is 296 g/mol. The van der Waals surface area contributed by atoms with Crippen LogP contribution in [-0.4, -0.2) is 0 Å². The first-order valence-corrected chi connectivity index (χ1v) is 8.44. The van der Waals surface area contributed by atoms with Crippen molar-refractivity contribution in [2.75, 3.05) is 0 Å². The van der Waals surface area contributed by atoms with Crippen LogP contribution in [0.2, 0.25) is 0 Å². The lowest BCUT2D eigenvalue weighted by Gasteiger charge is -2.19. The third-order valence-corrected chi connectivity index (χ3v) is 4.66. The second kappa shape index (κ2) is 6.77. The van der Waals surface area contributed by atoms with Gasteiger partial charge in [-0.05, 0) is 35.7 Å². The van der Waals surface area contributed by atoms with E-state index in [0.717, 1.165) is 12.2 Å². The van der Waals surface area contributed by atoms with E-state index >= 15 is 0 Å². The Labute approximate surface area is 130 Å². The van der Waals surface area contributed by atoms with Crippen LogP contribution in [0, 0.1) is 0 Å². The van der Waals surface area contributed by atoms with Crippen LogP contribution in [0.5, 0.6) is 5.75 Å². The lowest BCUT2D eigenvalue weighted by atomic mass is 10.1. The first-order valence-electron chi connectivity index (χ1n) is 7.56. The molecule has 1 heterocycles. The maximum Gasteiger partial charge on any atom is 0.133 e. The summed E-state index contributed by atoms with van der Waals surface area (Å²) in [5.74, 6) is 0.989. The van der Waals surface area contributed by atoms with Gasteiger partial charge in [-0.25, -0.2) is 0 Å². The zero-order valence-electron chi connectivity index (χ0n) is 12.3. The van der Waals surface area contributed by atoms with E-state index in [9.17, 15) is 0 Å². The van der Waals surface area contributed by atoms with E-state index in [2.05, 4.69) is 66.9 Å². The zero-order chi connectivity index (χ0) is 14.5. The van der Waals surface area contributed by atoms with Gasteiger partial charge in [-0.1, -0.05) is 55.8 Å². The number of rotatable bonds is 6. The molecule has 0 saturated heterocycles. The molecule has 2 heteroatoms. The average Bonchev–Trinajstić information content (AvgIpc) is 3.06. The molecule has 108 valence electrons. The van der Waals surface area contributed by atoms with Gasteiger partial charge in [-0.15, -0.1) is 11.3 Å². The fourth-order valence-electron chi connectivity index (χ4n) is 2.57. The van der Waals surface area contributed by atoms with Crippen LogP contribution in [0.1, 0.15) is 37.2 Å². The fraction of sp³-hybridized carbons (Fsp3) is 0.263. The van der Waals surface area contributed by atoms with Crippen molar-refractivity contribution in [3.63, 3.8) is 0 Å². The van der Waals surface area contributed by atoms with Crippen LogP contribution in [0.3, 0.4) is 0 Å². The molecule has 0 aliphatic carbocycles. The number of hydrogen-bond donors (Lipinski definition) is 0. The quantitative estimate of drug-likeness (QED) is 0.525. The van der Waals surface area contributed by atoms with E-state index in [1.165, 1.54) is 28.5 Å². The molecule has 0 aliphatic heterocycles. The SMILES string of the molecule is CCCC[C@H](Oc1cccc2ccccc12)c1cccs1. The molecule has 1 atom stereocenters. The zero-order valence-corrected chi connectivity index (χ0v) is 13.1. The van der Waals surface area contributed by atoms with Gasteiger partial charge in [0.2, 0.25) is 0 Å². The van der Waals surface area contributed by atoms with E-state index in [-0.39, 0.29) is 6.10 Å². The smallest absolute Gasteiger partial charge is 0.133 e. The Bertz CT molecular complexity index is 682. The number of benzene rings is 2. The summed E-state index contributed by atoms with van der Waals surface area (Å²) < 4.78 is 6.38. The second-order valence-corrected chi connectivity index (χ2v) is 6.22. The molecule has 0 amide bonds. The summed E-state index contributed by atoms with van der Waals surface area (Å²) in [7, 11) is 0. The predicted octanol–water partition coefficient (Wildman–Crippen LogP) is 6.21. The Morgan fingerprint density at radius 2 is 1.86 bits per heavy atom. The first-order chi connectivity index (χ1) is 10.4. The van der Waals surface area contributed by atoms with Gasteiger partial charge in [0.05, 0.1) is 0 Å². The number of ether oxygens (including phenoxy) is 1. The third-order valence-electron chi connectivity index (χ3n) is 3.70. The highest BCUT2D eigenvalue weighted by Crippen LogP contribution is 2.33. The van der Waals surface area contributed by atoms with Gasteiger partial charge in [0.1, 0.15) is 11.9 Å². The Balaban J connectivity index is 1.90. The average molecular weight is 296 g/mol. The van der Waals surface area contributed by atoms with Gasteiger partial charge in [0, 0.05) is 10.3 Å². The molecular formula is C19H20OS. The Kier molecular flexibility index (Phi) is 4.56. The molecule has 0 bridgehead atoms. The minimum atomic E-state index is 0.163. The molecule has 2 aromatic carbocycles. The molecule has 0 N–H and O–H groups in total. The Morgan fingerprint density at radius 3 is 2.67 bits per heavy atom. The van der Waals surface area contributed by atoms with Crippen molar-refractivity contribution in [3.8, 4) is 5.75 Å². The molecule has 0 aliphatic rings. The molecular weight excluding hydrogens is 276 g/mol. The molecule has 1 aromatic heterocycles. The van der Waals surface area contributed by atoms with Gasteiger partial charge >= 0.3 is 0 Å². The third kappa shape index (κ3) is 3.27. The lowest BCUT2D eigenvalue weighted by molar-refractivity contribution is 0.198. The number of fused-ring (bicyclic) bond motifs is 1. The van der Waals surface area contributed by atoms with Crippen LogP contribution in [0.15, 0.2) is 60.0 Å². The molecule has 0 radical (unpaired) electrons. The Hall–Kier alpha value is -1.80. The normalized spacial score (nSPS) is 12.4. The molecule has 0 unspecified atom stereocenters. The highest BCUT2D eigenvalue weighted by Gasteiger charge is 2.15. The van der Waals surface area contributed by atoms with Crippen LogP contribution in [0.25, 0.3) is 10.8 Å². The van der Waals surface area contributed by atoms with Crippen molar-refractivity contribution in [1.29, 1.82) is 0 Å². The summed E-state index contributed by atoms with van der Waals surface area (Å²) in [6, 6.07) is 19.0. The van der Waals surface area contributed by atoms with Gasteiger partial charge in [0.15, 0.2) is 0 Å². The van der Waals surface area contributed by atoms with Crippen LogP contribution < -0.4 is 4.74 Å². The minimum absolute atomic E-state index is 0.163. The van der Waals surface area contributed by atoms with Crippen molar-refractivity contribution >= 4 is 22.1 Å². The molecule has 0 fully saturated rings. The van der Waals surface area contributed by atoms with Gasteiger partial charge < -0.3 is 4.74 Å². The first kappa shape index (κ1) is 14.2. The number of unbranched alkanes of at least 4 members (excludes halogenated alkanes) is 1. The standard InChI is InChI=1S/C19H20OS/c1-2-3-11-18(19-13-7-14-21-19)20-17-12-6-9-15-8-4-5-10-16(15)17/h4-10,12-14,18H,2-3,11H2,1H3/t18-/m0/s1. The summed E-state index contributed by atoms with van der Waals surface area (Å²) in [4.78, 5) is 1.32. The highest BCUT2D eigenvalue weighted by molar-refractivity contribution is 7.10. The summed E-state index contributed by atoms with van der Waals surface area (Å²) >= 11 is 1.78. The molecule has 3 aromatic rings. The van der Waals surface area contributed by atoms with Crippen LogP contribution in [0.4, 0.5) is 0 Å². The largest absolute Gasteiger partial charge is 0.484 e. The van der Waals surface area contributed by atoms with E-state index in [1.807, 2.05) is 0 Å². The van der Waals surface area contributed by atoms with Crippen molar-refractivity contribution in [2.24, 2.45) is 0 Å². The van der Waals surface area contributed by atoms with Gasteiger partial charge in [0.25, 0.3) is 0 Å². The number of thiophene rings is 1. The van der Waals surface area contributed by atoms with Crippen LogP contribution in [-0.2, 0) is 0 Å². The van der Waals surface area contributed by atoms with Gasteiger partial charge in [-0.2, -0.15) is 0 Å². The molecule has 0 spiro atoms.